The van der Waals surface area contributed by atoms with Crippen LogP contribution in [0.15, 0.2) is 12.2 Å². The summed E-state index contributed by atoms with van der Waals surface area (Å²) in [7, 11) is 0. The first kappa shape index (κ1) is 12.7. The SMILES string of the molecule is CCCCC/C=C\[C@H]1COCO[C@H]1CO. The molecule has 88 valence electrons. The Kier molecular flexibility index (Phi) is 6.64. The molecule has 1 aliphatic heterocycles. The van der Waals surface area contributed by atoms with Crippen molar-refractivity contribution >= 4 is 0 Å². The second-order valence-corrected chi connectivity index (χ2v) is 3.96. The van der Waals surface area contributed by atoms with E-state index in [-0.39, 0.29) is 18.6 Å². The van der Waals surface area contributed by atoms with Crippen molar-refractivity contribution in [1.29, 1.82) is 0 Å². The van der Waals surface area contributed by atoms with E-state index < -0.39 is 0 Å². The molecule has 1 aliphatic rings. The fraction of sp³-hybridized carbons (Fsp3) is 0.833. The lowest BCUT2D eigenvalue weighted by atomic mass is 10.0. The highest BCUT2D eigenvalue weighted by Gasteiger charge is 2.23. The van der Waals surface area contributed by atoms with Crippen molar-refractivity contribution in [2.75, 3.05) is 20.0 Å². The van der Waals surface area contributed by atoms with Crippen molar-refractivity contribution in [3.05, 3.63) is 12.2 Å². The summed E-state index contributed by atoms with van der Waals surface area (Å²) in [5, 5.41) is 9.09. The minimum Gasteiger partial charge on any atom is -0.394 e. The summed E-state index contributed by atoms with van der Waals surface area (Å²) in [6.45, 7) is 3.25. The molecule has 15 heavy (non-hydrogen) atoms. The van der Waals surface area contributed by atoms with Crippen molar-refractivity contribution in [3.63, 3.8) is 0 Å². The average Bonchev–Trinajstić information content (AvgIpc) is 2.29. The van der Waals surface area contributed by atoms with E-state index in [4.69, 9.17) is 14.6 Å². The van der Waals surface area contributed by atoms with Gasteiger partial charge in [0.05, 0.1) is 19.3 Å². The second kappa shape index (κ2) is 7.85. The van der Waals surface area contributed by atoms with Crippen LogP contribution in [-0.2, 0) is 9.47 Å². The van der Waals surface area contributed by atoms with Gasteiger partial charge in [-0.15, -0.1) is 0 Å². The first-order valence-electron chi connectivity index (χ1n) is 5.85. The molecule has 0 spiro atoms. The summed E-state index contributed by atoms with van der Waals surface area (Å²) in [5.41, 5.74) is 0. The third-order valence-electron chi connectivity index (χ3n) is 2.69. The quantitative estimate of drug-likeness (QED) is 0.543. The van der Waals surface area contributed by atoms with E-state index in [1.807, 2.05) is 0 Å². The Bertz CT molecular complexity index is 180. The molecule has 0 bridgehead atoms. The van der Waals surface area contributed by atoms with Gasteiger partial charge in [0.2, 0.25) is 0 Å². The lowest BCUT2D eigenvalue weighted by molar-refractivity contribution is -0.170. The van der Waals surface area contributed by atoms with Crippen molar-refractivity contribution in [2.45, 2.75) is 38.7 Å². The molecule has 3 nitrogen and oxygen atoms in total. The van der Waals surface area contributed by atoms with Gasteiger partial charge in [-0.1, -0.05) is 31.9 Å². The van der Waals surface area contributed by atoms with E-state index in [9.17, 15) is 0 Å². The van der Waals surface area contributed by atoms with Gasteiger partial charge in [0, 0.05) is 5.92 Å². The summed E-state index contributed by atoms with van der Waals surface area (Å²) in [6, 6.07) is 0. The first-order chi connectivity index (χ1) is 7.38. The molecule has 0 aromatic carbocycles. The van der Waals surface area contributed by atoms with Crippen LogP contribution in [0.3, 0.4) is 0 Å². The Morgan fingerprint density at radius 3 is 3.00 bits per heavy atom. The topological polar surface area (TPSA) is 38.7 Å². The Labute approximate surface area is 92.1 Å². The third-order valence-corrected chi connectivity index (χ3v) is 2.69. The zero-order valence-electron chi connectivity index (χ0n) is 9.52. The number of hydrogen-bond donors (Lipinski definition) is 1. The maximum absolute atomic E-state index is 9.09. The van der Waals surface area contributed by atoms with E-state index in [1.54, 1.807) is 0 Å². The van der Waals surface area contributed by atoms with Crippen molar-refractivity contribution in [1.82, 2.24) is 0 Å². The fourth-order valence-corrected chi connectivity index (χ4v) is 1.70. The van der Waals surface area contributed by atoms with E-state index >= 15 is 0 Å². The minimum absolute atomic E-state index is 0.0767. The summed E-state index contributed by atoms with van der Waals surface area (Å²) < 4.78 is 10.5. The molecule has 1 heterocycles. The minimum atomic E-state index is -0.0822. The molecule has 0 amide bonds. The second-order valence-electron chi connectivity index (χ2n) is 3.96. The average molecular weight is 214 g/mol. The smallest absolute Gasteiger partial charge is 0.147 e. The van der Waals surface area contributed by atoms with Crippen molar-refractivity contribution in [3.8, 4) is 0 Å². The maximum atomic E-state index is 9.09. The van der Waals surface area contributed by atoms with Gasteiger partial charge in [-0.05, 0) is 12.8 Å². The molecule has 1 saturated heterocycles. The molecule has 1 fully saturated rings. The Morgan fingerprint density at radius 1 is 1.40 bits per heavy atom. The number of aliphatic hydroxyl groups is 1. The molecule has 0 unspecified atom stereocenters. The summed E-state index contributed by atoms with van der Waals surface area (Å²) in [5.74, 6) is 0.213. The van der Waals surface area contributed by atoms with Crippen LogP contribution in [0.5, 0.6) is 0 Å². The molecular formula is C12H22O3. The van der Waals surface area contributed by atoms with Gasteiger partial charge >= 0.3 is 0 Å². The molecule has 2 atom stereocenters. The van der Waals surface area contributed by atoms with Gasteiger partial charge in [-0.2, -0.15) is 0 Å². The first-order valence-corrected chi connectivity index (χ1v) is 5.85. The molecule has 0 aliphatic carbocycles. The highest BCUT2D eigenvalue weighted by Crippen LogP contribution is 2.16. The largest absolute Gasteiger partial charge is 0.394 e. The molecule has 3 heteroatoms. The Balaban J connectivity index is 2.21. The highest BCUT2D eigenvalue weighted by atomic mass is 16.7. The van der Waals surface area contributed by atoms with Crippen molar-refractivity contribution in [2.24, 2.45) is 5.92 Å². The molecule has 0 saturated carbocycles. The molecule has 0 aromatic heterocycles. The maximum Gasteiger partial charge on any atom is 0.147 e. The number of aliphatic hydroxyl groups excluding tert-OH is 1. The van der Waals surface area contributed by atoms with Crippen LogP contribution < -0.4 is 0 Å². The molecular weight excluding hydrogens is 192 g/mol. The fourth-order valence-electron chi connectivity index (χ4n) is 1.70. The van der Waals surface area contributed by atoms with Gasteiger partial charge in [0.1, 0.15) is 6.79 Å². The van der Waals surface area contributed by atoms with E-state index in [2.05, 4.69) is 19.1 Å². The van der Waals surface area contributed by atoms with Crippen molar-refractivity contribution < 1.29 is 14.6 Å². The van der Waals surface area contributed by atoms with Crippen LogP contribution in [-0.4, -0.2) is 31.2 Å². The zero-order valence-corrected chi connectivity index (χ0v) is 9.52. The molecule has 0 aromatic rings. The number of allylic oxidation sites excluding steroid dienone is 1. The predicted molar refractivity (Wildman–Crippen MR) is 59.5 cm³/mol. The number of hydrogen-bond acceptors (Lipinski definition) is 3. The Hall–Kier alpha value is -0.380. The van der Waals surface area contributed by atoms with Gasteiger partial charge in [-0.25, -0.2) is 0 Å². The van der Waals surface area contributed by atoms with Crippen LogP contribution in [0.1, 0.15) is 32.6 Å². The van der Waals surface area contributed by atoms with Crippen LogP contribution in [0, 0.1) is 5.92 Å². The molecule has 1 N–H and O–H groups in total. The molecule has 1 rings (SSSR count). The normalized spacial score (nSPS) is 27.3. The van der Waals surface area contributed by atoms with E-state index in [0.29, 0.717) is 13.4 Å². The standard InChI is InChI=1S/C12H22O3/c1-2-3-4-5-6-7-11-9-14-10-15-12(11)8-13/h6-7,11-13H,2-5,8-10H2,1H3/b7-6-/t11-,12-/m0/s1. The van der Waals surface area contributed by atoms with Crippen LogP contribution in [0.25, 0.3) is 0 Å². The Morgan fingerprint density at radius 2 is 2.27 bits per heavy atom. The number of rotatable bonds is 6. The summed E-state index contributed by atoms with van der Waals surface area (Å²) in [4.78, 5) is 0. The highest BCUT2D eigenvalue weighted by molar-refractivity contribution is 4.93. The van der Waals surface area contributed by atoms with E-state index in [0.717, 1.165) is 6.42 Å². The lowest BCUT2D eigenvalue weighted by Crippen LogP contribution is -2.35. The molecule has 0 radical (unpaired) electrons. The zero-order chi connectivity index (χ0) is 10.9. The van der Waals surface area contributed by atoms with Crippen LogP contribution >= 0.6 is 0 Å². The van der Waals surface area contributed by atoms with Gasteiger partial charge < -0.3 is 14.6 Å². The van der Waals surface area contributed by atoms with Gasteiger partial charge in [0.25, 0.3) is 0 Å². The monoisotopic (exact) mass is 214 g/mol. The summed E-state index contributed by atoms with van der Waals surface area (Å²) in [6.07, 6.45) is 9.11. The summed E-state index contributed by atoms with van der Waals surface area (Å²) >= 11 is 0. The van der Waals surface area contributed by atoms with Crippen LogP contribution in [0.4, 0.5) is 0 Å². The predicted octanol–water partition coefficient (Wildman–Crippen LogP) is 2.10. The number of unbranched alkanes of at least 4 members (excludes halogenated alkanes) is 3. The number of ether oxygens (including phenoxy) is 2. The lowest BCUT2D eigenvalue weighted by Gasteiger charge is -2.28. The van der Waals surface area contributed by atoms with E-state index in [1.165, 1.54) is 19.3 Å². The van der Waals surface area contributed by atoms with Gasteiger partial charge in [-0.3, -0.25) is 0 Å². The third kappa shape index (κ3) is 4.78. The van der Waals surface area contributed by atoms with Crippen LogP contribution in [0.2, 0.25) is 0 Å². The van der Waals surface area contributed by atoms with Gasteiger partial charge in [0.15, 0.2) is 0 Å².